The van der Waals surface area contributed by atoms with E-state index in [-0.39, 0.29) is 5.41 Å². The normalized spacial score (nSPS) is 49.2. The Hall–Kier alpha value is 0.0700. The van der Waals surface area contributed by atoms with Gasteiger partial charge >= 0.3 is 0 Å². The summed E-state index contributed by atoms with van der Waals surface area (Å²) in [7, 11) is 1.71. The number of alkyl halides is 1. The molecular formula is C23H37BrO3. The highest BCUT2D eigenvalue weighted by Gasteiger charge is 2.59. The molecule has 0 spiro atoms. The van der Waals surface area contributed by atoms with Gasteiger partial charge in [0.1, 0.15) is 5.78 Å². The molecule has 0 bridgehead atoms. The number of Topliss-reactive ketones (excluding diaryl/α,β-unsaturated/α-hetero) is 1. The predicted octanol–water partition coefficient (Wildman–Crippen LogP) is 4.99. The number of fused-ring (bicyclic) bond motifs is 5. The van der Waals surface area contributed by atoms with E-state index in [9.17, 15) is 9.90 Å². The summed E-state index contributed by atoms with van der Waals surface area (Å²) in [5.74, 6) is 4.63. The SMILES string of the molecule is CC[C@]12CC[C@H]3[C@@H](CC[C@@H]4C[C@@](O)(COC)CC[C@@H]43)[C@@H]1CC[C@@H]2C(=O)CBr. The third-order valence-electron chi connectivity index (χ3n) is 9.41. The summed E-state index contributed by atoms with van der Waals surface area (Å²) in [5, 5.41) is 11.4. The maximum absolute atomic E-state index is 12.7. The first-order chi connectivity index (χ1) is 13.0. The predicted molar refractivity (Wildman–Crippen MR) is 111 cm³/mol. The van der Waals surface area contributed by atoms with Gasteiger partial charge in [0.05, 0.1) is 17.5 Å². The molecule has 154 valence electrons. The van der Waals surface area contributed by atoms with E-state index in [0.29, 0.717) is 29.6 Å². The number of carbonyl (C=O) groups is 1. The Morgan fingerprint density at radius 1 is 1.07 bits per heavy atom. The van der Waals surface area contributed by atoms with Crippen LogP contribution in [-0.4, -0.2) is 35.5 Å². The van der Waals surface area contributed by atoms with Crippen molar-refractivity contribution in [2.24, 2.45) is 40.9 Å². The molecule has 0 saturated heterocycles. The maximum Gasteiger partial charge on any atom is 0.147 e. The molecule has 0 amide bonds. The Morgan fingerprint density at radius 2 is 1.85 bits per heavy atom. The van der Waals surface area contributed by atoms with Gasteiger partial charge in [-0.25, -0.2) is 0 Å². The molecule has 4 heteroatoms. The van der Waals surface area contributed by atoms with Crippen LogP contribution in [0.4, 0.5) is 0 Å². The largest absolute Gasteiger partial charge is 0.387 e. The standard InChI is InChI=1S/C23H37BrO3/c1-3-23-11-9-17-16-8-10-22(26,14-27-2)12-15(16)4-5-18(17)19(23)6-7-20(23)21(25)13-24/h15-20,26H,3-14H2,1-2H3/t15-,16+,17-,18-,19+,20-,22-,23+/m1/s1. The molecule has 0 unspecified atom stereocenters. The van der Waals surface area contributed by atoms with E-state index in [1.807, 2.05) is 0 Å². The van der Waals surface area contributed by atoms with E-state index < -0.39 is 5.60 Å². The minimum absolute atomic E-state index is 0.282. The van der Waals surface area contributed by atoms with Crippen molar-refractivity contribution in [1.82, 2.24) is 0 Å². The first kappa shape index (κ1) is 20.3. The Kier molecular flexibility index (Phi) is 5.82. The maximum atomic E-state index is 12.7. The van der Waals surface area contributed by atoms with Crippen LogP contribution in [0, 0.1) is 40.9 Å². The lowest BCUT2D eigenvalue weighted by molar-refractivity contribution is -0.137. The smallest absolute Gasteiger partial charge is 0.147 e. The fourth-order valence-electron chi connectivity index (χ4n) is 8.43. The van der Waals surface area contributed by atoms with Crippen LogP contribution < -0.4 is 0 Å². The highest BCUT2D eigenvalue weighted by molar-refractivity contribution is 9.09. The fourth-order valence-corrected chi connectivity index (χ4v) is 8.82. The molecule has 27 heavy (non-hydrogen) atoms. The summed E-state index contributed by atoms with van der Waals surface area (Å²) in [5.41, 5.74) is -0.310. The van der Waals surface area contributed by atoms with Crippen molar-refractivity contribution in [3.05, 3.63) is 0 Å². The minimum atomic E-state index is -0.592. The third kappa shape index (κ3) is 3.26. The Balaban J connectivity index is 1.52. The lowest BCUT2D eigenvalue weighted by Gasteiger charge is -2.57. The van der Waals surface area contributed by atoms with E-state index in [1.54, 1.807) is 7.11 Å². The molecule has 0 radical (unpaired) electrons. The van der Waals surface area contributed by atoms with Crippen LogP contribution >= 0.6 is 15.9 Å². The van der Waals surface area contributed by atoms with Crippen LogP contribution in [0.1, 0.15) is 71.1 Å². The number of methoxy groups -OCH3 is 1. The van der Waals surface area contributed by atoms with Crippen LogP contribution in [-0.2, 0) is 9.53 Å². The molecule has 4 saturated carbocycles. The highest BCUT2D eigenvalue weighted by atomic mass is 79.9. The molecule has 1 N–H and O–H groups in total. The molecule has 0 heterocycles. The molecule has 0 aliphatic heterocycles. The molecule has 4 aliphatic rings. The quantitative estimate of drug-likeness (QED) is 0.612. The van der Waals surface area contributed by atoms with Gasteiger partial charge in [0, 0.05) is 13.0 Å². The number of carbonyl (C=O) groups excluding carboxylic acids is 1. The highest BCUT2D eigenvalue weighted by Crippen LogP contribution is 2.66. The average Bonchev–Trinajstić information content (AvgIpc) is 3.07. The number of rotatable bonds is 5. The Bertz CT molecular complexity index is 566. The number of ether oxygens (including phenoxy) is 1. The Morgan fingerprint density at radius 3 is 2.56 bits per heavy atom. The van der Waals surface area contributed by atoms with Crippen molar-refractivity contribution < 1.29 is 14.6 Å². The summed E-state index contributed by atoms with van der Waals surface area (Å²) >= 11 is 3.45. The lowest BCUT2D eigenvalue weighted by Crippen LogP contribution is -2.52. The van der Waals surface area contributed by atoms with E-state index in [4.69, 9.17) is 4.74 Å². The zero-order valence-corrected chi connectivity index (χ0v) is 18.7. The van der Waals surface area contributed by atoms with Crippen LogP contribution in [0.3, 0.4) is 0 Å². The summed E-state index contributed by atoms with van der Waals surface area (Å²) in [6.07, 6.45) is 11.7. The second-order valence-electron chi connectivity index (χ2n) is 10.2. The van der Waals surface area contributed by atoms with Crippen LogP contribution in [0.25, 0.3) is 0 Å². The third-order valence-corrected chi connectivity index (χ3v) is 9.96. The summed E-state index contributed by atoms with van der Waals surface area (Å²) in [6, 6.07) is 0. The average molecular weight is 441 g/mol. The van der Waals surface area contributed by atoms with Gasteiger partial charge in [-0.15, -0.1) is 0 Å². The van der Waals surface area contributed by atoms with E-state index in [2.05, 4.69) is 22.9 Å². The fraction of sp³-hybridized carbons (Fsp3) is 0.957. The molecule has 8 atom stereocenters. The second-order valence-corrected chi connectivity index (χ2v) is 10.8. The first-order valence-electron chi connectivity index (χ1n) is 11.3. The number of halogens is 1. The van der Waals surface area contributed by atoms with E-state index in [1.165, 1.54) is 44.9 Å². The van der Waals surface area contributed by atoms with Crippen molar-refractivity contribution in [2.75, 3.05) is 19.0 Å². The molecule has 0 aromatic heterocycles. The van der Waals surface area contributed by atoms with Crippen molar-refractivity contribution in [3.8, 4) is 0 Å². The lowest BCUT2D eigenvalue weighted by atomic mass is 9.48. The van der Waals surface area contributed by atoms with Crippen molar-refractivity contribution in [3.63, 3.8) is 0 Å². The molecule has 0 aromatic rings. The van der Waals surface area contributed by atoms with Gasteiger partial charge in [-0.05, 0) is 99.2 Å². The van der Waals surface area contributed by atoms with Crippen molar-refractivity contribution in [2.45, 2.75) is 76.7 Å². The number of aliphatic hydroxyl groups is 1. The van der Waals surface area contributed by atoms with E-state index in [0.717, 1.165) is 42.9 Å². The number of ketones is 1. The van der Waals surface area contributed by atoms with Crippen LogP contribution in [0.15, 0.2) is 0 Å². The van der Waals surface area contributed by atoms with Gasteiger partial charge in [-0.2, -0.15) is 0 Å². The topological polar surface area (TPSA) is 46.5 Å². The van der Waals surface area contributed by atoms with E-state index >= 15 is 0 Å². The number of hydrogen-bond acceptors (Lipinski definition) is 3. The summed E-state index contributed by atoms with van der Waals surface area (Å²) in [6.45, 7) is 2.83. The zero-order valence-electron chi connectivity index (χ0n) is 17.1. The molecule has 3 nitrogen and oxygen atoms in total. The zero-order chi connectivity index (χ0) is 19.2. The first-order valence-corrected chi connectivity index (χ1v) is 12.4. The van der Waals surface area contributed by atoms with Gasteiger partial charge in [0.2, 0.25) is 0 Å². The van der Waals surface area contributed by atoms with Gasteiger partial charge in [-0.3, -0.25) is 4.79 Å². The second kappa shape index (κ2) is 7.72. The van der Waals surface area contributed by atoms with Gasteiger partial charge < -0.3 is 9.84 Å². The number of hydrogen-bond donors (Lipinski definition) is 1. The summed E-state index contributed by atoms with van der Waals surface area (Å²) in [4.78, 5) is 12.7. The van der Waals surface area contributed by atoms with Gasteiger partial charge in [0.25, 0.3) is 0 Å². The monoisotopic (exact) mass is 440 g/mol. The molecule has 4 fully saturated rings. The van der Waals surface area contributed by atoms with Crippen LogP contribution in [0.2, 0.25) is 0 Å². The molecule has 0 aromatic carbocycles. The molecule has 4 rings (SSSR count). The Labute approximate surface area is 173 Å². The minimum Gasteiger partial charge on any atom is -0.387 e. The van der Waals surface area contributed by atoms with Crippen molar-refractivity contribution in [1.29, 1.82) is 0 Å². The molecular weight excluding hydrogens is 404 g/mol. The van der Waals surface area contributed by atoms with Crippen LogP contribution in [0.5, 0.6) is 0 Å². The molecule has 4 aliphatic carbocycles. The van der Waals surface area contributed by atoms with Gasteiger partial charge in [0.15, 0.2) is 0 Å². The van der Waals surface area contributed by atoms with Crippen molar-refractivity contribution >= 4 is 21.7 Å². The summed E-state index contributed by atoms with van der Waals surface area (Å²) < 4.78 is 5.31. The van der Waals surface area contributed by atoms with Gasteiger partial charge in [-0.1, -0.05) is 22.9 Å².